The molecule has 0 saturated carbocycles. The molecule has 0 aliphatic heterocycles. The van der Waals surface area contributed by atoms with Crippen molar-refractivity contribution in [1.82, 2.24) is 0 Å². The maximum Gasteiger partial charge on any atom is 0.0871 e. The molecule has 0 aromatic heterocycles. The van der Waals surface area contributed by atoms with Gasteiger partial charge in [0.05, 0.1) is 5.60 Å². The zero-order valence-corrected chi connectivity index (χ0v) is 9.02. The van der Waals surface area contributed by atoms with Gasteiger partial charge in [0, 0.05) is 12.0 Å². The molecule has 0 heterocycles. The second-order valence-corrected chi connectivity index (χ2v) is 4.06. The molecule has 0 bridgehead atoms. The van der Waals surface area contributed by atoms with E-state index >= 15 is 0 Å². The number of hydrogen-bond acceptors (Lipinski definition) is 3. The SMILES string of the molecule is COC(C)(C)c1ccc(SN)cc1. The molecular weight excluding hydrogens is 182 g/mol. The third-order valence-electron chi connectivity index (χ3n) is 2.20. The van der Waals surface area contributed by atoms with Crippen molar-refractivity contribution in [2.24, 2.45) is 5.14 Å². The van der Waals surface area contributed by atoms with Crippen LogP contribution in [-0.4, -0.2) is 7.11 Å². The van der Waals surface area contributed by atoms with Gasteiger partial charge < -0.3 is 4.74 Å². The summed E-state index contributed by atoms with van der Waals surface area (Å²) in [5, 5.41) is 5.43. The van der Waals surface area contributed by atoms with E-state index in [9.17, 15) is 0 Å². The lowest BCUT2D eigenvalue weighted by Crippen LogP contribution is -2.19. The highest BCUT2D eigenvalue weighted by atomic mass is 32.2. The molecule has 72 valence electrons. The second-order valence-electron chi connectivity index (χ2n) is 3.36. The van der Waals surface area contributed by atoms with E-state index in [-0.39, 0.29) is 5.60 Å². The van der Waals surface area contributed by atoms with Gasteiger partial charge in [-0.1, -0.05) is 12.1 Å². The van der Waals surface area contributed by atoms with E-state index in [1.807, 2.05) is 38.1 Å². The highest BCUT2D eigenvalue weighted by molar-refractivity contribution is 7.97. The van der Waals surface area contributed by atoms with Gasteiger partial charge in [0.25, 0.3) is 0 Å². The molecular formula is C10H15NOS. The second kappa shape index (κ2) is 4.13. The Morgan fingerprint density at radius 2 is 1.77 bits per heavy atom. The van der Waals surface area contributed by atoms with Gasteiger partial charge in [-0.25, -0.2) is 0 Å². The summed E-state index contributed by atoms with van der Waals surface area (Å²) in [6.07, 6.45) is 0. The van der Waals surface area contributed by atoms with Crippen LogP contribution in [0.1, 0.15) is 19.4 Å². The quantitative estimate of drug-likeness (QED) is 0.756. The summed E-state index contributed by atoms with van der Waals surface area (Å²) in [5.41, 5.74) is 0.936. The first-order valence-electron chi connectivity index (χ1n) is 4.12. The molecule has 1 rings (SSSR count). The Balaban J connectivity index is 2.92. The van der Waals surface area contributed by atoms with Gasteiger partial charge in [-0.05, 0) is 43.5 Å². The van der Waals surface area contributed by atoms with Gasteiger partial charge in [-0.2, -0.15) is 0 Å². The number of benzene rings is 1. The number of ether oxygens (including phenoxy) is 1. The molecule has 0 saturated heterocycles. The fourth-order valence-electron chi connectivity index (χ4n) is 1.05. The summed E-state index contributed by atoms with van der Waals surface area (Å²) in [4.78, 5) is 1.07. The molecule has 2 nitrogen and oxygen atoms in total. The van der Waals surface area contributed by atoms with Crippen molar-refractivity contribution in [3.05, 3.63) is 29.8 Å². The van der Waals surface area contributed by atoms with Crippen LogP contribution in [0.15, 0.2) is 29.2 Å². The molecule has 0 spiro atoms. The van der Waals surface area contributed by atoms with Crippen molar-refractivity contribution < 1.29 is 4.74 Å². The maximum absolute atomic E-state index is 5.43. The van der Waals surface area contributed by atoms with Crippen LogP contribution in [-0.2, 0) is 10.3 Å². The Labute approximate surface area is 83.6 Å². The van der Waals surface area contributed by atoms with Crippen molar-refractivity contribution in [3.8, 4) is 0 Å². The van der Waals surface area contributed by atoms with E-state index < -0.39 is 0 Å². The zero-order valence-electron chi connectivity index (χ0n) is 8.20. The molecule has 1 aromatic rings. The fourth-order valence-corrected chi connectivity index (χ4v) is 1.35. The first-order valence-corrected chi connectivity index (χ1v) is 5.00. The van der Waals surface area contributed by atoms with E-state index in [0.717, 1.165) is 10.5 Å². The largest absolute Gasteiger partial charge is 0.374 e. The van der Waals surface area contributed by atoms with Crippen LogP contribution >= 0.6 is 11.9 Å². The van der Waals surface area contributed by atoms with Crippen LogP contribution in [0.3, 0.4) is 0 Å². The predicted molar refractivity (Wildman–Crippen MR) is 56.5 cm³/mol. The van der Waals surface area contributed by atoms with Gasteiger partial charge in [0.1, 0.15) is 0 Å². The Bertz CT molecular complexity index is 269. The Kier molecular flexibility index (Phi) is 3.36. The van der Waals surface area contributed by atoms with E-state index in [2.05, 4.69) is 0 Å². The van der Waals surface area contributed by atoms with E-state index in [1.165, 1.54) is 11.9 Å². The Morgan fingerprint density at radius 3 is 2.15 bits per heavy atom. The standard InChI is InChI=1S/C10H15NOS/c1-10(2,12-3)8-4-6-9(13-11)7-5-8/h4-7H,11H2,1-3H3. The van der Waals surface area contributed by atoms with E-state index in [4.69, 9.17) is 9.88 Å². The summed E-state index contributed by atoms with van der Waals surface area (Å²) < 4.78 is 5.36. The van der Waals surface area contributed by atoms with Crippen molar-refractivity contribution in [2.75, 3.05) is 7.11 Å². The lowest BCUT2D eigenvalue weighted by atomic mass is 9.98. The van der Waals surface area contributed by atoms with Crippen molar-refractivity contribution >= 4 is 11.9 Å². The van der Waals surface area contributed by atoms with Crippen molar-refractivity contribution in [2.45, 2.75) is 24.3 Å². The average molecular weight is 197 g/mol. The maximum atomic E-state index is 5.43. The molecule has 0 atom stereocenters. The van der Waals surface area contributed by atoms with Gasteiger partial charge >= 0.3 is 0 Å². The number of rotatable bonds is 3. The topological polar surface area (TPSA) is 35.2 Å². The van der Waals surface area contributed by atoms with Gasteiger partial charge in [0.2, 0.25) is 0 Å². The molecule has 1 aromatic carbocycles. The third kappa shape index (κ3) is 2.46. The van der Waals surface area contributed by atoms with Crippen LogP contribution in [0, 0.1) is 0 Å². The number of methoxy groups -OCH3 is 1. The van der Waals surface area contributed by atoms with Crippen LogP contribution in [0.25, 0.3) is 0 Å². The summed E-state index contributed by atoms with van der Waals surface area (Å²) in [6.45, 7) is 4.08. The Hall–Kier alpha value is -0.510. The molecule has 0 fully saturated rings. The summed E-state index contributed by atoms with van der Waals surface area (Å²) in [6, 6.07) is 8.08. The highest BCUT2D eigenvalue weighted by Gasteiger charge is 2.18. The summed E-state index contributed by atoms with van der Waals surface area (Å²) in [5.74, 6) is 0. The molecule has 0 aliphatic rings. The first-order chi connectivity index (χ1) is 6.10. The van der Waals surface area contributed by atoms with Crippen LogP contribution < -0.4 is 5.14 Å². The minimum absolute atomic E-state index is 0.224. The third-order valence-corrected chi connectivity index (χ3v) is 2.74. The normalized spacial score (nSPS) is 11.7. The molecule has 2 N–H and O–H groups in total. The molecule has 0 unspecified atom stereocenters. The minimum atomic E-state index is -0.224. The Morgan fingerprint density at radius 1 is 1.23 bits per heavy atom. The van der Waals surface area contributed by atoms with Crippen LogP contribution in [0.5, 0.6) is 0 Å². The van der Waals surface area contributed by atoms with Gasteiger partial charge in [-0.3, -0.25) is 5.14 Å². The summed E-state index contributed by atoms with van der Waals surface area (Å²) in [7, 11) is 1.71. The smallest absolute Gasteiger partial charge is 0.0871 e. The van der Waals surface area contributed by atoms with Gasteiger partial charge in [0.15, 0.2) is 0 Å². The van der Waals surface area contributed by atoms with Crippen LogP contribution in [0.2, 0.25) is 0 Å². The van der Waals surface area contributed by atoms with Crippen molar-refractivity contribution in [3.63, 3.8) is 0 Å². The predicted octanol–water partition coefficient (Wildman–Crippen LogP) is 2.53. The lowest BCUT2D eigenvalue weighted by molar-refractivity contribution is 0.0192. The van der Waals surface area contributed by atoms with Crippen molar-refractivity contribution in [1.29, 1.82) is 0 Å². The highest BCUT2D eigenvalue weighted by Crippen LogP contribution is 2.25. The van der Waals surface area contributed by atoms with E-state index in [0.29, 0.717) is 0 Å². The van der Waals surface area contributed by atoms with Gasteiger partial charge in [-0.15, -0.1) is 0 Å². The molecule has 0 amide bonds. The zero-order chi connectivity index (χ0) is 9.90. The monoisotopic (exact) mass is 197 g/mol. The lowest BCUT2D eigenvalue weighted by Gasteiger charge is -2.23. The van der Waals surface area contributed by atoms with E-state index in [1.54, 1.807) is 7.11 Å². The minimum Gasteiger partial charge on any atom is -0.374 e. The average Bonchev–Trinajstić information content (AvgIpc) is 2.18. The summed E-state index contributed by atoms with van der Waals surface area (Å²) >= 11 is 1.25. The molecule has 0 aliphatic carbocycles. The number of hydrogen-bond donors (Lipinski definition) is 1. The molecule has 3 heteroatoms. The van der Waals surface area contributed by atoms with Crippen LogP contribution in [0.4, 0.5) is 0 Å². The first kappa shape index (κ1) is 10.6. The molecule has 0 radical (unpaired) electrons. The molecule has 13 heavy (non-hydrogen) atoms. The fraction of sp³-hybridized carbons (Fsp3) is 0.400. The number of nitrogens with two attached hydrogens (primary N) is 1.